The molecule has 0 amide bonds. The van der Waals surface area contributed by atoms with E-state index in [1.54, 1.807) is 19.6 Å². The van der Waals surface area contributed by atoms with Crippen LogP contribution in [0, 0.1) is 0 Å². The van der Waals surface area contributed by atoms with E-state index in [1.165, 1.54) is 0 Å². The van der Waals surface area contributed by atoms with Crippen LogP contribution >= 0.6 is 0 Å². The highest BCUT2D eigenvalue weighted by Crippen LogP contribution is 2.26. The molecule has 0 spiro atoms. The number of methoxy groups -OCH3 is 1. The minimum absolute atomic E-state index is 0.772. The van der Waals surface area contributed by atoms with Crippen LogP contribution in [0.4, 0.5) is 5.69 Å². The molecule has 4 heteroatoms. The number of aliphatic imine (C=N–C) groups is 1. The molecule has 88 valence electrons. The van der Waals surface area contributed by atoms with E-state index in [1.807, 2.05) is 42.8 Å². The summed E-state index contributed by atoms with van der Waals surface area (Å²) in [7, 11) is 3.59. The number of hydrogen-bond acceptors (Lipinski definition) is 3. The van der Waals surface area contributed by atoms with Crippen molar-refractivity contribution >= 4 is 11.4 Å². The maximum atomic E-state index is 5.26. The Morgan fingerprint density at radius 1 is 1.35 bits per heavy atom. The zero-order valence-corrected chi connectivity index (χ0v) is 10.2. The average Bonchev–Trinajstić information content (AvgIpc) is 2.76. The van der Waals surface area contributed by atoms with Crippen LogP contribution < -0.4 is 4.74 Å². The van der Waals surface area contributed by atoms with Crippen molar-refractivity contribution in [2.75, 3.05) is 7.11 Å². The molecule has 0 aliphatic rings. The molecule has 4 nitrogen and oxygen atoms in total. The van der Waals surface area contributed by atoms with Crippen LogP contribution in [-0.4, -0.2) is 22.4 Å². The fourth-order valence-electron chi connectivity index (χ4n) is 1.67. The summed E-state index contributed by atoms with van der Waals surface area (Å²) < 4.78 is 7.20. The predicted molar refractivity (Wildman–Crippen MR) is 68.1 cm³/mol. The van der Waals surface area contributed by atoms with E-state index < -0.39 is 0 Å². The summed E-state index contributed by atoms with van der Waals surface area (Å²) in [5.74, 6) is 0.772. The van der Waals surface area contributed by atoms with Gasteiger partial charge in [0.15, 0.2) is 0 Å². The van der Waals surface area contributed by atoms with Gasteiger partial charge >= 0.3 is 0 Å². The van der Waals surface area contributed by atoms with Crippen molar-refractivity contribution in [2.45, 2.75) is 6.92 Å². The monoisotopic (exact) mass is 229 g/mol. The number of rotatable bonds is 3. The van der Waals surface area contributed by atoms with E-state index in [0.29, 0.717) is 0 Å². The minimum Gasteiger partial charge on any atom is -0.494 e. The summed E-state index contributed by atoms with van der Waals surface area (Å²) in [6, 6.07) is 7.70. The first-order valence-corrected chi connectivity index (χ1v) is 5.37. The molecule has 1 aromatic carbocycles. The second kappa shape index (κ2) is 4.82. The Hall–Kier alpha value is -2.10. The van der Waals surface area contributed by atoms with Gasteiger partial charge in [-0.25, -0.2) is 9.98 Å². The first-order chi connectivity index (χ1) is 8.22. The lowest BCUT2D eigenvalue weighted by Crippen LogP contribution is -2.01. The molecule has 0 fully saturated rings. The third-order valence-electron chi connectivity index (χ3n) is 2.56. The molecular formula is C13H15N3O. The number of ether oxygens (including phenoxy) is 1. The summed E-state index contributed by atoms with van der Waals surface area (Å²) in [6.45, 7) is 1.96. The molecular weight excluding hydrogens is 214 g/mol. The fraction of sp³-hybridized carbons (Fsp3) is 0.231. The van der Waals surface area contributed by atoms with Gasteiger partial charge in [-0.15, -0.1) is 0 Å². The summed E-state index contributed by atoms with van der Waals surface area (Å²) in [6.07, 6.45) is 3.56. The molecule has 0 unspecified atom stereocenters. The number of imidazole rings is 1. The Kier molecular flexibility index (Phi) is 3.23. The highest BCUT2D eigenvalue weighted by molar-refractivity contribution is 5.99. The maximum Gasteiger partial charge on any atom is 0.144 e. The van der Waals surface area contributed by atoms with Crippen molar-refractivity contribution in [1.29, 1.82) is 0 Å². The summed E-state index contributed by atoms with van der Waals surface area (Å²) >= 11 is 0. The second-order valence-electron chi connectivity index (χ2n) is 3.76. The number of nitrogens with zero attached hydrogens (tertiary/aromatic N) is 3. The van der Waals surface area contributed by atoms with Gasteiger partial charge in [0.1, 0.15) is 11.4 Å². The van der Waals surface area contributed by atoms with Gasteiger partial charge in [-0.2, -0.15) is 0 Å². The quantitative estimate of drug-likeness (QED) is 0.759. The Balaban J connectivity index is 2.39. The van der Waals surface area contributed by atoms with E-state index in [2.05, 4.69) is 9.98 Å². The van der Waals surface area contributed by atoms with Gasteiger partial charge in [0, 0.05) is 7.05 Å². The second-order valence-corrected chi connectivity index (χ2v) is 3.76. The number of para-hydroxylation sites is 2. The number of hydrogen-bond donors (Lipinski definition) is 0. The van der Waals surface area contributed by atoms with Gasteiger partial charge in [0.2, 0.25) is 0 Å². The zero-order chi connectivity index (χ0) is 12.3. The predicted octanol–water partition coefficient (Wildman–Crippen LogP) is 2.57. The zero-order valence-electron chi connectivity index (χ0n) is 10.2. The van der Waals surface area contributed by atoms with Crippen LogP contribution in [-0.2, 0) is 7.05 Å². The molecule has 0 atom stereocenters. The molecule has 17 heavy (non-hydrogen) atoms. The minimum atomic E-state index is 0.772. The average molecular weight is 229 g/mol. The number of aromatic nitrogens is 2. The maximum absolute atomic E-state index is 5.26. The van der Waals surface area contributed by atoms with Crippen molar-refractivity contribution in [3.63, 3.8) is 0 Å². The summed E-state index contributed by atoms with van der Waals surface area (Å²) in [5.41, 5.74) is 2.74. The molecule has 0 N–H and O–H groups in total. The van der Waals surface area contributed by atoms with Gasteiger partial charge in [0.05, 0.1) is 31.0 Å². The van der Waals surface area contributed by atoms with Crippen LogP contribution in [0.5, 0.6) is 5.75 Å². The molecule has 0 saturated heterocycles. The molecule has 1 aromatic heterocycles. The molecule has 0 radical (unpaired) electrons. The Bertz CT molecular complexity index is 543. The van der Waals surface area contributed by atoms with Crippen LogP contribution in [0.25, 0.3) is 0 Å². The highest BCUT2D eigenvalue weighted by Gasteiger charge is 2.04. The van der Waals surface area contributed by atoms with Crippen molar-refractivity contribution in [2.24, 2.45) is 12.0 Å². The van der Waals surface area contributed by atoms with E-state index in [4.69, 9.17) is 4.74 Å². The first kappa shape index (κ1) is 11.4. The van der Waals surface area contributed by atoms with Crippen LogP contribution in [0.1, 0.15) is 12.6 Å². The van der Waals surface area contributed by atoms with Gasteiger partial charge in [-0.1, -0.05) is 12.1 Å². The topological polar surface area (TPSA) is 39.4 Å². The Labute approximate surface area is 101 Å². The molecule has 0 aliphatic heterocycles. The molecule has 0 bridgehead atoms. The third-order valence-corrected chi connectivity index (χ3v) is 2.56. The lowest BCUT2D eigenvalue weighted by molar-refractivity contribution is 0.416. The van der Waals surface area contributed by atoms with E-state index in [0.717, 1.165) is 22.8 Å². The number of aryl methyl sites for hydroxylation is 1. The largest absolute Gasteiger partial charge is 0.494 e. The lowest BCUT2D eigenvalue weighted by Gasteiger charge is -2.05. The highest BCUT2D eigenvalue weighted by atomic mass is 16.5. The molecule has 2 rings (SSSR count). The molecule has 1 heterocycles. The van der Waals surface area contributed by atoms with Gasteiger partial charge in [-0.3, -0.25) is 0 Å². The van der Waals surface area contributed by atoms with Gasteiger partial charge in [0.25, 0.3) is 0 Å². The van der Waals surface area contributed by atoms with Gasteiger partial charge < -0.3 is 9.30 Å². The normalized spacial score (nSPS) is 11.6. The summed E-state index contributed by atoms with van der Waals surface area (Å²) in [4.78, 5) is 8.64. The lowest BCUT2D eigenvalue weighted by atomic mass is 10.2. The molecule has 0 saturated carbocycles. The van der Waals surface area contributed by atoms with Gasteiger partial charge in [-0.05, 0) is 19.1 Å². The molecule has 2 aromatic rings. The van der Waals surface area contributed by atoms with E-state index in [-0.39, 0.29) is 0 Å². The Morgan fingerprint density at radius 2 is 2.12 bits per heavy atom. The smallest absolute Gasteiger partial charge is 0.144 e. The standard InChI is InChI=1S/C13H15N3O/c1-10(12-8-14-9-16(12)2)15-11-6-4-5-7-13(11)17-3/h4-9H,1-3H3. The number of benzene rings is 1. The Morgan fingerprint density at radius 3 is 2.76 bits per heavy atom. The SMILES string of the molecule is COc1ccccc1N=C(C)c1cncn1C. The van der Waals surface area contributed by atoms with Crippen LogP contribution in [0.15, 0.2) is 41.8 Å². The van der Waals surface area contributed by atoms with Crippen molar-refractivity contribution in [3.05, 3.63) is 42.5 Å². The van der Waals surface area contributed by atoms with E-state index >= 15 is 0 Å². The van der Waals surface area contributed by atoms with Crippen molar-refractivity contribution in [3.8, 4) is 5.75 Å². The molecule has 0 aliphatic carbocycles. The summed E-state index contributed by atoms with van der Waals surface area (Å²) in [5, 5.41) is 0. The van der Waals surface area contributed by atoms with Crippen molar-refractivity contribution < 1.29 is 4.74 Å². The van der Waals surface area contributed by atoms with Crippen molar-refractivity contribution in [1.82, 2.24) is 9.55 Å². The third kappa shape index (κ3) is 2.36. The fourth-order valence-corrected chi connectivity index (χ4v) is 1.67. The van der Waals surface area contributed by atoms with E-state index in [9.17, 15) is 0 Å². The first-order valence-electron chi connectivity index (χ1n) is 5.37. The van der Waals surface area contributed by atoms with Crippen LogP contribution in [0.3, 0.4) is 0 Å². The van der Waals surface area contributed by atoms with Crippen LogP contribution in [0.2, 0.25) is 0 Å².